The van der Waals surface area contributed by atoms with Gasteiger partial charge >= 0.3 is 0 Å². The summed E-state index contributed by atoms with van der Waals surface area (Å²) in [5, 5.41) is 2.62. The number of aryl methyl sites for hydroxylation is 1. The summed E-state index contributed by atoms with van der Waals surface area (Å²) in [6.45, 7) is 7.47. The van der Waals surface area contributed by atoms with E-state index in [2.05, 4.69) is 5.32 Å². The van der Waals surface area contributed by atoms with Gasteiger partial charge in [-0.2, -0.15) is 0 Å². The van der Waals surface area contributed by atoms with Gasteiger partial charge in [0.05, 0.1) is 24.4 Å². The Morgan fingerprint density at radius 1 is 1.40 bits per heavy atom. The maximum absolute atomic E-state index is 13.7. The molecule has 0 aliphatic carbocycles. The third-order valence-electron chi connectivity index (χ3n) is 3.26. The summed E-state index contributed by atoms with van der Waals surface area (Å²) in [7, 11) is 0. The van der Waals surface area contributed by atoms with Gasteiger partial charge in [0.15, 0.2) is 0 Å². The lowest BCUT2D eigenvalue weighted by Gasteiger charge is -2.34. The van der Waals surface area contributed by atoms with Gasteiger partial charge in [0.25, 0.3) is 0 Å². The summed E-state index contributed by atoms with van der Waals surface area (Å²) in [6, 6.07) is 4.78. The number of anilines is 1. The smallest absolute Gasteiger partial charge is 0.238 e. The largest absolute Gasteiger partial charge is 0.373 e. The van der Waals surface area contributed by atoms with Crippen LogP contribution in [0.1, 0.15) is 19.4 Å². The lowest BCUT2D eigenvalue weighted by Crippen LogP contribution is -2.48. The summed E-state index contributed by atoms with van der Waals surface area (Å²) in [4.78, 5) is 14.0. The lowest BCUT2D eigenvalue weighted by molar-refractivity contribution is -0.121. The first-order chi connectivity index (χ1) is 9.44. The number of carbonyl (C=O) groups is 1. The van der Waals surface area contributed by atoms with Crippen molar-refractivity contribution in [2.75, 3.05) is 25.0 Å². The molecule has 2 rings (SSSR count). The number of morpholine rings is 1. The molecular weight excluding hydrogens is 259 g/mol. The van der Waals surface area contributed by atoms with E-state index in [1.165, 1.54) is 6.07 Å². The molecule has 1 aliphatic rings. The molecular formula is C15H21FN2O2. The molecule has 0 saturated carbocycles. The van der Waals surface area contributed by atoms with Crippen LogP contribution in [-0.4, -0.2) is 42.6 Å². The molecule has 2 atom stereocenters. The number of amides is 1. The van der Waals surface area contributed by atoms with E-state index in [0.717, 1.165) is 5.56 Å². The minimum absolute atomic E-state index is 0.114. The zero-order valence-electron chi connectivity index (χ0n) is 12.1. The number of carbonyl (C=O) groups excluding carboxylic acids is 1. The van der Waals surface area contributed by atoms with Crippen LogP contribution < -0.4 is 5.32 Å². The summed E-state index contributed by atoms with van der Waals surface area (Å²) in [5.74, 6) is -0.601. The Kier molecular flexibility index (Phi) is 4.73. The van der Waals surface area contributed by atoms with E-state index in [0.29, 0.717) is 13.1 Å². The molecule has 0 unspecified atom stereocenters. The van der Waals surface area contributed by atoms with E-state index in [-0.39, 0.29) is 30.3 Å². The summed E-state index contributed by atoms with van der Waals surface area (Å²) < 4.78 is 19.3. The minimum Gasteiger partial charge on any atom is -0.373 e. The van der Waals surface area contributed by atoms with Crippen LogP contribution in [0, 0.1) is 12.7 Å². The fraction of sp³-hybridized carbons (Fsp3) is 0.533. The van der Waals surface area contributed by atoms with Gasteiger partial charge in [0.1, 0.15) is 5.82 Å². The first-order valence-corrected chi connectivity index (χ1v) is 6.88. The molecule has 0 spiro atoms. The third-order valence-corrected chi connectivity index (χ3v) is 3.26. The highest BCUT2D eigenvalue weighted by atomic mass is 19.1. The average molecular weight is 280 g/mol. The fourth-order valence-electron chi connectivity index (χ4n) is 2.53. The van der Waals surface area contributed by atoms with Crippen molar-refractivity contribution in [2.24, 2.45) is 0 Å². The SMILES string of the molecule is Cc1ccc(NC(=O)CN2C[C@@H](C)O[C@@H](C)C2)c(F)c1. The van der Waals surface area contributed by atoms with Crippen LogP contribution in [-0.2, 0) is 9.53 Å². The predicted octanol–water partition coefficient (Wildman–Crippen LogP) is 2.18. The Morgan fingerprint density at radius 2 is 2.05 bits per heavy atom. The van der Waals surface area contributed by atoms with Crippen molar-refractivity contribution in [3.8, 4) is 0 Å². The molecule has 4 nitrogen and oxygen atoms in total. The van der Waals surface area contributed by atoms with Crippen molar-refractivity contribution >= 4 is 11.6 Å². The van der Waals surface area contributed by atoms with Crippen LogP contribution in [0.25, 0.3) is 0 Å². The van der Waals surface area contributed by atoms with E-state index in [1.807, 2.05) is 25.7 Å². The fourth-order valence-corrected chi connectivity index (χ4v) is 2.53. The van der Waals surface area contributed by atoms with Gasteiger partial charge in [-0.25, -0.2) is 4.39 Å². The van der Waals surface area contributed by atoms with Crippen LogP contribution >= 0.6 is 0 Å². The lowest BCUT2D eigenvalue weighted by atomic mass is 10.2. The molecule has 1 saturated heterocycles. The van der Waals surface area contributed by atoms with E-state index >= 15 is 0 Å². The highest BCUT2D eigenvalue weighted by molar-refractivity contribution is 5.92. The van der Waals surface area contributed by atoms with Gasteiger partial charge in [-0.1, -0.05) is 6.07 Å². The topological polar surface area (TPSA) is 41.6 Å². The molecule has 1 aromatic carbocycles. The second kappa shape index (κ2) is 6.33. The molecule has 1 heterocycles. The van der Waals surface area contributed by atoms with Crippen molar-refractivity contribution in [3.63, 3.8) is 0 Å². The molecule has 5 heteroatoms. The molecule has 0 radical (unpaired) electrons. The molecule has 1 aliphatic heterocycles. The second-order valence-corrected chi connectivity index (χ2v) is 5.48. The summed E-state index contributed by atoms with van der Waals surface area (Å²) >= 11 is 0. The first kappa shape index (κ1) is 14.9. The number of rotatable bonds is 3. The Bertz CT molecular complexity index is 483. The third kappa shape index (κ3) is 4.02. The quantitative estimate of drug-likeness (QED) is 0.922. The molecule has 1 N–H and O–H groups in total. The maximum atomic E-state index is 13.7. The first-order valence-electron chi connectivity index (χ1n) is 6.88. The highest BCUT2D eigenvalue weighted by Crippen LogP contribution is 2.16. The van der Waals surface area contributed by atoms with Crippen LogP contribution in [0.15, 0.2) is 18.2 Å². The van der Waals surface area contributed by atoms with Gasteiger partial charge < -0.3 is 10.1 Å². The number of ether oxygens (including phenoxy) is 1. The molecule has 1 aromatic rings. The van der Waals surface area contributed by atoms with Crippen LogP contribution in [0.2, 0.25) is 0 Å². The van der Waals surface area contributed by atoms with Crippen molar-refractivity contribution in [2.45, 2.75) is 33.0 Å². The molecule has 1 amide bonds. The van der Waals surface area contributed by atoms with Gasteiger partial charge in [0.2, 0.25) is 5.91 Å². The minimum atomic E-state index is -0.401. The number of nitrogens with zero attached hydrogens (tertiary/aromatic N) is 1. The molecule has 1 fully saturated rings. The van der Waals surface area contributed by atoms with Crippen molar-refractivity contribution < 1.29 is 13.9 Å². The zero-order valence-corrected chi connectivity index (χ0v) is 12.1. The number of halogens is 1. The average Bonchev–Trinajstić information content (AvgIpc) is 2.31. The highest BCUT2D eigenvalue weighted by Gasteiger charge is 2.23. The molecule has 20 heavy (non-hydrogen) atoms. The number of hydrogen-bond donors (Lipinski definition) is 1. The zero-order chi connectivity index (χ0) is 14.7. The normalized spacial score (nSPS) is 23.6. The van der Waals surface area contributed by atoms with Crippen molar-refractivity contribution in [1.82, 2.24) is 4.90 Å². The number of benzene rings is 1. The van der Waals surface area contributed by atoms with Gasteiger partial charge in [-0.15, -0.1) is 0 Å². The summed E-state index contributed by atoms with van der Waals surface area (Å²) in [5.41, 5.74) is 1.06. The van der Waals surface area contributed by atoms with Gasteiger partial charge in [-0.3, -0.25) is 9.69 Å². The van der Waals surface area contributed by atoms with E-state index in [1.54, 1.807) is 12.1 Å². The standard InChI is InChI=1S/C15H21FN2O2/c1-10-4-5-14(13(16)6-10)17-15(19)9-18-7-11(2)20-12(3)8-18/h4-6,11-12H,7-9H2,1-3H3,(H,17,19)/t11-,12+. The molecule has 110 valence electrons. The number of hydrogen-bond acceptors (Lipinski definition) is 3. The molecule has 0 aromatic heterocycles. The molecule has 0 bridgehead atoms. The maximum Gasteiger partial charge on any atom is 0.238 e. The van der Waals surface area contributed by atoms with Gasteiger partial charge in [-0.05, 0) is 38.5 Å². The Morgan fingerprint density at radius 3 is 2.65 bits per heavy atom. The van der Waals surface area contributed by atoms with Crippen molar-refractivity contribution in [3.05, 3.63) is 29.6 Å². The van der Waals surface area contributed by atoms with Crippen molar-refractivity contribution in [1.29, 1.82) is 0 Å². The second-order valence-electron chi connectivity index (χ2n) is 5.48. The van der Waals surface area contributed by atoms with Gasteiger partial charge in [0, 0.05) is 13.1 Å². The van der Waals surface area contributed by atoms with E-state index in [4.69, 9.17) is 4.74 Å². The summed E-state index contributed by atoms with van der Waals surface area (Å²) in [6.07, 6.45) is 0.227. The van der Waals surface area contributed by atoms with Crippen LogP contribution in [0.4, 0.5) is 10.1 Å². The Hall–Kier alpha value is -1.46. The number of nitrogens with one attached hydrogen (secondary N) is 1. The Labute approximate surface area is 118 Å². The van der Waals surface area contributed by atoms with Crippen LogP contribution in [0.3, 0.4) is 0 Å². The van der Waals surface area contributed by atoms with E-state index in [9.17, 15) is 9.18 Å². The van der Waals surface area contributed by atoms with E-state index < -0.39 is 5.82 Å². The predicted molar refractivity (Wildman–Crippen MR) is 76.2 cm³/mol. The monoisotopic (exact) mass is 280 g/mol. The Balaban J connectivity index is 1.92. The van der Waals surface area contributed by atoms with Crippen LogP contribution in [0.5, 0.6) is 0 Å².